The third-order valence-electron chi connectivity index (χ3n) is 2.13. The lowest BCUT2D eigenvalue weighted by Gasteiger charge is -2.02. The first-order valence-corrected chi connectivity index (χ1v) is 4.81. The van der Waals surface area contributed by atoms with Crippen molar-refractivity contribution in [2.45, 2.75) is 20.3 Å². The molecule has 0 bridgehead atoms. The third kappa shape index (κ3) is 0.937. The molecule has 1 heterocycles. The van der Waals surface area contributed by atoms with E-state index in [-0.39, 0.29) is 0 Å². The van der Waals surface area contributed by atoms with Gasteiger partial charge in [-0.25, -0.2) is 0 Å². The van der Waals surface area contributed by atoms with Gasteiger partial charge >= 0.3 is 0 Å². The molecule has 1 aliphatic heterocycles. The van der Waals surface area contributed by atoms with Crippen LogP contribution in [0, 0.1) is 0 Å². The Morgan fingerprint density at radius 3 is 3.00 bits per heavy atom. The largest absolute Gasteiger partial charge is 0.0629 e. The first kappa shape index (κ1) is 7.06. The van der Waals surface area contributed by atoms with E-state index in [4.69, 9.17) is 0 Å². The highest BCUT2D eigenvalue weighted by Crippen LogP contribution is 2.39. The molecule has 1 radical (unpaired) electrons. The summed E-state index contributed by atoms with van der Waals surface area (Å²) in [7, 11) is 1.27. The number of hydrogen-bond acceptors (Lipinski definition) is 0. The van der Waals surface area contributed by atoms with Crippen LogP contribution in [0.3, 0.4) is 0 Å². The predicted molar refractivity (Wildman–Crippen MR) is 51.1 cm³/mol. The van der Waals surface area contributed by atoms with E-state index < -0.39 is 0 Å². The van der Waals surface area contributed by atoms with Gasteiger partial charge in [-0.2, -0.15) is 0 Å². The molecule has 0 saturated heterocycles. The van der Waals surface area contributed by atoms with Gasteiger partial charge in [0.15, 0.2) is 0 Å². The van der Waals surface area contributed by atoms with Crippen LogP contribution in [0.1, 0.15) is 20.3 Å². The van der Waals surface area contributed by atoms with Crippen molar-refractivity contribution in [3.05, 3.63) is 34.2 Å². The van der Waals surface area contributed by atoms with Crippen molar-refractivity contribution < 1.29 is 0 Å². The second-order valence-corrected chi connectivity index (χ2v) is 3.93. The molecule has 0 N–H and O–H groups in total. The number of allylic oxidation sites excluding steroid dienone is 6. The van der Waals surface area contributed by atoms with Crippen molar-refractivity contribution in [2.24, 2.45) is 0 Å². The van der Waals surface area contributed by atoms with Crippen LogP contribution in [0.5, 0.6) is 0 Å². The fraction of sp³-hybridized carbons (Fsp3) is 0.300. The van der Waals surface area contributed by atoms with Crippen LogP contribution < -0.4 is 0 Å². The molecule has 0 fully saturated rings. The summed E-state index contributed by atoms with van der Waals surface area (Å²) in [5.41, 5.74) is 4.27. The summed E-state index contributed by atoms with van der Waals surface area (Å²) in [6.45, 7) is 4.40. The van der Waals surface area contributed by atoms with E-state index in [0.29, 0.717) is 0 Å². The monoisotopic (exact) mass is 161 g/mol. The summed E-state index contributed by atoms with van der Waals surface area (Å²) >= 11 is 0. The number of rotatable bonds is 1. The van der Waals surface area contributed by atoms with Gasteiger partial charge in [-0.3, -0.25) is 0 Å². The topological polar surface area (TPSA) is 0 Å². The zero-order chi connectivity index (χ0) is 7.84. The molecule has 0 aromatic rings. The van der Waals surface area contributed by atoms with Crippen LogP contribution in [0.2, 0.25) is 0 Å². The first-order valence-electron chi connectivity index (χ1n) is 3.92. The molecule has 0 atom stereocenters. The molecule has 11 heavy (non-hydrogen) atoms. The maximum atomic E-state index is 3.34. The highest BCUT2D eigenvalue weighted by Gasteiger charge is 2.18. The van der Waals surface area contributed by atoms with Crippen LogP contribution in [0.4, 0.5) is 0 Å². The molecule has 55 valence electrons. The SMILES string of the molecule is CCC1=CC=C2[C]=PC(C)=C21. The van der Waals surface area contributed by atoms with E-state index in [1.165, 1.54) is 30.2 Å². The van der Waals surface area contributed by atoms with Crippen molar-refractivity contribution >= 4 is 14.0 Å². The minimum atomic E-state index is 1.14. The first-order chi connectivity index (χ1) is 5.33. The summed E-state index contributed by atoms with van der Waals surface area (Å²) in [6, 6.07) is 0. The summed E-state index contributed by atoms with van der Waals surface area (Å²) in [6.07, 6.45) is 5.54. The molecule has 1 aliphatic carbocycles. The third-order valence-corrected chi connectivity index (χ3v) is 3.04. The van der Waals surface area contributed by atoms with Gasteiger partial charge in [-0.1, -0.05) is 27.3 Å². The van der Waals surface area contributed by atoms with Gasteiger partial charge in [-0.05, 0) is 35.4 Å². The van der Waals surface area contributed by atoms with Crippen molar-refractivity contribution in [1.29, 1.82) is 0 Å². The van der Waals surface area contributed by atoms with E-state index in [1.807, 2.05) is 0 Å². The normalized spacial score (nSPS) is 22.0. The molecule has 0 spiro atoms. The van der Waals surface area contributed by atoms with E-state index in [9.17, 15) is 0 Å². The van der Waals surface area contributed by atoms with Gasteiger partial charge in [0, 0.05) is 5.80 Å². The Morgan fingerprint density at radius 2 is 2.27 bits per heavy atom. The number of fused-ring (bicyclic) bond motifs is 1. The molecule has 0 aromatic heterocycles. The van der Waals surface area contributed by atoms with Crippen molar-refractivity contribution in [3.63, 3.8) is 0 Å². The Kier molecular flexibility index (Phi) is 1.58. The van der Waals surface area contributed by atoms with Crippen LogP contribution >= 0.6 is 8.20 Å². The summed E-state index contributed by atoms with van der Waals surface area (Å²) < 4.78 is 0. The van der Waals surface area contributed by atoms with Crippen molar-refractivity contribution in [3.8, 4) is 0 Å². The number of hydrogen-bond donors (Lipinski definition) is 0. The van der Waals surface area contributed by atoms with Gasteiger partial charge in [0.1, 0.15) is 0 Å². The molecule has 1 heteroatoms. The zero-order valence-electron chi connectivity index (χ0n) is 6.81. The van der Waals surface area contributed by atoms with E-state index in [1.54, 1.807) is 0 Å². The molecule has 0 nitrogen and oxygen atoms in total. The summed E-state index contributed by atoms with van der Waals surface area (Å²) in [4.78, 5) is 0. The molecule has 0 unspecified atom stereocenters. The van der Waals surface area contributed by atoms with Crippen LogP contribution in [0.15, 0.2) is 34.2 Å². The van der Waals surface area contributed by atoms with E-state index in [0.717, 1.165) is 6.42 Å². The Bertz CT molecular complexity index is 314. The van der Waals surface area contributed by atoms with Gasteiger partial charge in [-0.15, -0.1) is 0 Å². The highest BCUT2D eigenvalue weighted by molar-refractivity contribution is 7.44. The van der Waals surface area contributed by atoms with Crippen LogP contribution in [-0.4, -0.2) is 5.80 Å². The molecule has 2 rings (SSSR count). The Balaban J connectivity index is 2.47. The maximum absolute atomic E-state index is 3.34. The predicted octanol–water partition coefficient (Wildman–Crippen LogP) is 3.18. The average molecular weight is 161 g/mol. The molecular weight excluding hydrogens is 151 g/mol. The highest BCUT2D eigenvalue weighted by atomic mass is 31.1. The van der Waals surface area contributed by atoms with Gasteiger partial charge < -0.3 is 0 Å². The van der Waals surface area contributed by atoms with Crippen molar-refractivity contribution in [1.82, 2.24) is 0 Å². The molecule has 0 aromatic carbocycles. The van der Waals surface area contributed by atoms with E-state index >= 15 is 0 Å². The Morgan fingerprint density at radius 1 is 1.45 bits per heavy atom. The van der Waals surface area contributed by atoms with E-state index in [2.05, 4.69) is 31.8 Å². The van der Waals surface area contributed by atoms with Crippen molar-refractivity contribution in [2.75, 3.05) is 0 Å². The summed E-state index contributed by atoms with van der Waals surface area (Å²) in [5.74, 6) is 3.34. The fourth-order valence-electron chi connectivity index (χ4n) is 1.54. The van der Waals surface area contributed by atoms with Crippen LogP contribution in [-0.2, 0) is 0 Å². The van der Waals surface area contributed by atoms with Gasteiger partial charge in [0.2, 0.25) is 0 Å². The minimum absolute atomic E-state index is 1.14. The molecule has 0 saturated carbocycles. The quantitative estimate of drug-likeness (QED) is 0.518. The Labute approximate surface area is 69.1 Å². The fourth-order valence-corrected chi connectivity index (χ4v) is 2.39. The standard InChI is InChI=1S/C10H10P/c1-3-8-4-5-9-6-11-7(2)10(8)9/h4-5H,3H2,1-2H3. The smallest absolute Gasteiger partial charge is 0.0224 e. The Hall–Kier alpha value is -0.610. The van der Waals surface area contributed by atoms with Gasteiger partial charge in [0.25, 0.3) is 0 Å². The lowest BCUT2D eigenvalue weighted by molar-refractivity contribution is 1.13. The molecule has 0 amide bonds. The molecule has 2 aliphatic rings. The second-order valence-electron chi connectivity index (χ2n) is 2.81. The minimum Gasteiger partial charge on any atom is -0.0629 e. The second kappa shape index (κ2) is 2.46. The molecular formula is C10H10P. The van der Waals surface area contributed by atoms with Gasteiger partial charge in [0.05, 0.1) is 0 Å². The zero-order valence-corrected chi connectivity index (χ0v) is 7.70. The van der Waals surface area contributed by atoms with Crippen LogP contribution in [0.25, 0.3) is 0 Å². The lowest BCUT2D eigenvalue weighted by atomic mass is 10.0. The maximum Gasteiger partial charge on any atom is 0.0224 e. The summed E-state index contributed by atoms with van der Waals surface area (Å²) in [5, 5.41) is 1.46. The lowest BCUT2D eigenvalue weighted by Crippen LogP contribution is -1.86. The average Bonchev–Trinajstić information content (AvgIpc) is 2.54.